The first-order chi connectivity index (χ1) is 14.4. The van der Waals surface area contributed by atoms with Crippen LogP contribution >= 0.6 is 0 Å². The minimum absolute atomic E-state index is 0.512. The molecule has 0 saturated heterocycles. The summed E-state index contributed by atoms with van der Waals surface area (Å²) in [6.45, 7) is 2.66. The van der Waals surface area contributed by atoms with Gasteiger partial charge in [-0.15, -0.1) is 0 Å². The fourth-order valence-corrected chi connectivity index (χ4v) is 3.88. The lowest BCUT2D eigenvalue weighted by molar-refractivity contribution is -0.137. The van der Waals surface area contributed by atoms with Crippen LogP contribution in [-0.2, 0) is 18.1 Å². The molecule has 0 spiro atoms. The van der Waals surface area contributed by atoms with E-state index in [0.717, 1.165) is 42.4 Å². The molecule has 2 aromatic carbocycles. The number of alkyl halides is 3. The van der Waals surface area contributed by atoms with Gasteiger partial charge in [-0.25, -0.2) is 0 Å². The van der Waals surface area contributed by atoms with Crippen LogP contribution in [0.15, 0.2) is 72.8 Å². The molecule has 30 heavy (non-hydrogen) atoms. The highest BCUT2D eigenvalue weighted by molar-refractivity contribution is 5.41. The van der Waals surface area contributed by atoms with E-state index in [0.29, 0.717) is 17.9 Å². The van der Waals surface area contributed by atoms with Crippen LogP contribution in [0.2, 0.25) is 0 Å². The smallest absolute Gasteiger partial charge is 0.302 e. The van der Waals surface area contributed by atoms with Gasteiger partial charge in [0.2, 0.25) is 0 Å². The standard InChI is InChI=1S/C25H25F3N2/c1-18-7-5-12-23(30-18)24(29-17-20-13-14-20,16-19-8-3-2-4-9-19)21-10-6-11-22(15-21)25(26,27)28/h2-12,15,20,29H,13-14,16-17H2,1H3. The van der Waals surface area contributed by atoms with Crippen LogP contribution in [0.1, 0.15) is 40.9 Å². The minimum Gasteiger partial charge on any atom is -0.302 e. The number of benzene rings is 2. The molecule has 1 unspecified atom stereocenters. The van der Waals surface area contributed by atoms with Gasteiger partial charge in [-0.1, -0.05) is 48.5 Å². The van der Waals surface area contributed by atoms with Crippen molar-refractivity contribution in [3.8, 4) is 0 Å². The molecule has 3 aromatic rings. The molecule has 1 aliphatic carbocycles. The Kier molecular flexibility index (Phi) is 5.65. The van der Waals surface area contributed by atoms with Crippen LogP contribution in [0.4, 0.5) is 13.2 Å². The van der Waals surface area contributed by atoms with E-state index in [9.17, 15) is 13.2 Å². The fraction of sp³-hybridized carbons (Fsp3) is 0.320. The first kappa shape index (κ1) is 20.6. The Morgan fingerprint density at radius 2 is 1.60 bits per heavy atom. The fourth-order valence-electron chi connectivity index (χ4n) is 3.88. The van der Waals surface area contributed by atoms with E-state index in [2.05, 4.69) is 5.32 Å². The maximum Gasteiger partial charge on any atom is 0.416 e. The number of nitrogens with zero attached hydrogens (tertiary/aromatic N) is 1. The largest absolute Gasteiger partial charge is 0.416 e. The third kappa shape index (κ3) is 4.57. The Bertz CT molecular complexity index is 997. The summed E-state index contributed by atoms with van der Waals surface area (Å²) in [5, 5.41) is 3.65. The van der Waals surface area contributed by atoms with Crippen molar-refractivity contribution in [1.82, 2.24) is 10.3 Å². The molecule has 4 rings (SSSR count). The second-order valence-electron chi connectivity index (χ2n) is 8.13. The second-order valence-corrected chi connectivity index (χ2v) is 8.13. The van der Waals surface area contributed by atoms with Crippen molar-refractivity contribution < 1.29 is 13.2 Å². The highest BCUT2D eigenvalue weighted by Crippen LogP contribution is 2.38. The molecule has 1 aliphatic rings. The predicted octanol–water partition coefficient (Wildman–Crippen LogP) is 5.89. The van der Waals surface area contributed by atoms with E-state index in [1.165, 1.54) is 12.1 Å². The van der Waals surface area contributed by atoms with Crippen molar-refractivity contribution in [2.75, 3.05) is 6.54 Å². The third-order valence-electron chi connectivity index (χ3n) is 5.71. The van der Waals surface area contributed by atoms with Crippen molar-refractivity contribution in [2.24, 2.45) is 5.92 Å². The number of nitrogens with one attached hydrogen (secondary N) is 1. The van der Waals surface area contributed by atoms with Gasteiger partial charge in [0.15, 0.2) is 0 Å². The lowest BCUT2D eigenvalue weighted by Gasteiger charge is -2.36. The molecule has 0 radical (unpaired) electrons. The van der Waals surface area contributed by atoms with E-state index >= 15 is 0 Å². The van der Waals surface area contributed by atoms with E-state index in [1.807, 2.05) is 55.5 Å². The van der Waals surface area contributed by atoms with Crippen molar-refractivity contribution in [2.45, 2.75) is 37.9 Å². The summed E-state index contributed by atoms with van der Waals surface area (Å²) in [7, 11) is 0. The highest BCUT2D eigenvalue weighted by Gasteiger charge is 2.39. The molecule has 1 aromatic heterocycles. The lowest BCUT2D eigenvalue weighted by Crippen LogP contribution is -2.47. The highest BCUT2D eigenvalue weighted by atomic mass is 19.4. The second kappa shape index (κ2) is 8.23. The summed E-state index contributed by atoms with van der Waals surface area (Å²) in [6.07, 6.45) is -1.58. The van der Waals surface area contributed by atoms with Gasteiger partial charge in [-0.2, -0.15) is 13.2 Å². The minimum atomic E-state index is -4.40. The Morgan fingerprint density at radius 3 is 2.27 bits per heavy atom. The number of pyridine rings is 1. The summed E-state index contributed by atoms with van der Waals surface area (Å²) < 4.78 is 40.6. The number of hydrogen-bond donors (Lipinski definition) is 1. The van der Waals surface area contributed by atoms with Gasteiger partial charge >= 0.3 is 6.18 Å². The van der Waals surface area contributed by atoms with Crippen LogP contribution in [0.25, 0.3) is 0 Å². The van der Waals surface area contributed by atoms with Crippen molar-refractivity contribution in [3.05, 3.63) is 101 Å². The average molecular weight is 410 g/mol. The molecule has 2 nitrogen and oxygen atoms in total. The van der Waals surface area contributed by atoms with E-state index < -0.39 is 17.3 Å². The number of aromatic nitrogens is 1. The monoisotopic (exact) mass is 410 g/mol. The van der Waals surface area contributed by atoms with Crippen LogP contribution in [0.5, 0.6) is 0 Å². The van der Waals surface area contributed by atoms with Gasteiger partial charge in [0.25, 0.3) is 0 Å². The van der Waals surface area contributed by atoms with Crippen LogP contribution in [0.3, 0.4) is 0 Å². The maximum absolute atomic E-state index is 13.5. The SMILES string of the molecule is Cc1cccc(C(Cc2ccccc2)(NCC2CC2)c2cccc(C(F)(F)F)c2)n1. The Balaban J connectivity index is 1.88. The van der Waals surface area contributed by atoms with Gasteiger partial charge in [0.05, 0.1) is 16.8 Å². The van der Waals surface area contributed by atoms with Gasteiger partial charge in [0, 0.05) is 12.1 Å². The Morgan fingerprint density at radius 1 is 0.900 bits per heavy atom. The number of rotatable bonds is 7. The molecule has 5 heteroatoms. The molecule has 1 saturated carbocycles. The summed E-state index contributed by atoms with van der Waals surface area (Å²) >= 11 is 0. The van der Waals surface area contributed by atoms with Gasteiger partial charge in [-0.3, -0.25) is 4.98 Å². The predicted molar refractivity (Wildman–Crippen MR) is 112 cm³/mol. The number of halogens is 3. The van der Waals surface area contributed by atoms with Gasteiger partial charge in [0.1, 0.15) is 0 Å². The summed E-state index contributed by atoms with van der Waals surface area (Å²) in [4.78, 5) is 4.76. The summed E-state index contributed by atoms with van der Waals surface area (Å²) in [5.74, 6) is 0.566. The molecule has 156 valence electrons. The molecule has 1 fully saturated rings. The molecule has 0 aliphatic heterocycles. The summed E-state index contributed by atoms with van der Waals surface area (Å²) in [6, 6.07) is 21.3. The third-order valence-corrected chi connectivity index (χ3v) is 5.71. The quantitative estimate of drug-likeness (QED) is 0.525. The number of aryl methyl sites for hydroxylation is 1. The zero-order valence-corrected chi connectivity index (χ0v) is 16.9. The maximum atomic E-state index is 13.5. The molecule has 1 N–H and O–H groups in total. The van der Waals surface area contributed by atoms with E-state index in [-0.39, 0.29) is 0 Å². The molecule has 0 bridgehead atoms. The van der Waals surface area contributed by atoms with Crippen LogP contribution < -0.4 is 5.32 Å². The molecule has 0 amide bonds. The summed E-state index contributed by atoms with van der Waals surface area (Å²) in [5.41, 5.74) is 1.72. The van der Waals surface area contributed by atoms with Crippen molar-refractivity contribution in [3.63, 3.8) is 0 Å². The first-order valence-corrected chi connectivity index (χ1v) is 10.3. The average Bonchev–Trinajstić information content (AvgIpc) is 3.56. The normalized spacial score (nSPS) is 16.3. The zero-order chi connectivity index (χ0) is 21.2. The molecular formula is C25H25F3N2. The Labute approximate surface area is 175 Å². The van der Waals surface area contributed by atoms with E-state index in [4.69, 9.17) is 4.98 Å². The van der Waals surface area contributed by atoms with E-state index in [1.54, 1.807) is 6.07 Å². The molecule has 1 heterocycles. The van der Waals surface area contributed by atoms with Crippen LogP contribution in [0, 0.1) is 12.8 Å². The Hall–Kier alpha value is -2.66. The zero-order valence-electron chi connectivity index (χ0n) is 16.9. The van der Waals surface area contributed by atoms with Crippen LogP contribution in [-0.4, -0.2) is 11.5 Å². The van der Waals surface area contributed by atoms with Crippen molar-refractivity contribution >= 4 is 0 Å². The first-order valence-electron chi connectivity index (χ1n) is 10.3. The molecule has 1 atom stereocenters. The van der Waals surface area contributed by atoms with Crippen molar-refractivity contribution in [1.29, 1.82) is 0 Å². The number of hydrogen-bond acceptors (Lipinski definition) is 2. The van der Waals surface area contributed by atoms with Gasteiger partial charge < -0.3 is 5.32 Å². The topological polar surface area (TPSA) is 24.9 Å². The lowest BCUT2D eigenvalue weighted by atomic mass is 9.79. The molecular weight excluding hydrogens is 385 g/mol. The van der Waals surface area contributed by atoms with Gasteiger partial charge in [-0.05, 0) is 67.6 Å².